The van der Waals surface area contributed by atoms with E-state index in [0.29, 0.717) is 41.1 Å². The van der Waals surface area contributed by atoms with Crippen LogP contribution in [0.1, 0.15) is 11.1 Å². The van der Waals surface area contributed by atoms with Crippen molar-refractivity contribution in [2.75, 3.05) is 13.2 Å². The number of hydrogen-bond donors (Lipinski definition) is 2. The van der Waals surface area contributed by atoms with Crippen molar-refractivity contribution < 1.29 is 19.0 Å². The summed E-state index contributed by atoms with van der Waals surface area (Å²) in [7, 11) is 0. The SMILES string of the molecule is O=c1ccc2ccc(COc3cc(Oc4ncnc5c(-c6ccccc6)cccc45)c(Cl)cc3CNCCO)cc2o1. The van der Waals surface area contributed by atoms with E-state index in [-0.39, 0.29) is 13.2 Å². The van der Waals surface area contributed by atoms with Gasteiger partial charge in [0.05, 0.1) is 22.5 Å². The van der Waals surface area contributed by atoms with Gasteiger partial charge < -0.3 is 24.3 Å². The molecule has 2 heterocycles. The molecule has 0 radical (unpaired) electrons. The predicted molar refractivity (Wildman–Crippen MR) is 162 cm³/mol. The van der Waals surface area contributed by atoms with Gasteiger partial charge in [-0.3, -0.25) is 0 Å². The molecule has 0 aliphatic carbocycles. The zero-order chi connectivity index (χ0) is 28.9. The van der Waals surface area contributed by atoms with E-state index in [4.69, 9.17) is 25.5 Å². The van der Waals surface area contributed by atoms with Gasteiger partial charge in [-0.15, -0.1) is 0 Å². The third kappa shape index (κ3) is 5.96. The Morgan fingerprint density at radius 1 is 0.905 bits per heavy atom. The number of fused-ring (bicyclic) bond motifs is 2. The summed E-state index contributed by atoms with van der Waals surface area (Å²) in [5.41, 5.74) is 4.44. The minimum atomic E-state index is -0.412. The first-order chi connectivity index (χ1) is 20.6. The lowest BCUT2D eigenvalue weighted by atomic mass is 10.0. The molecule has 0 unspecified atom stereocenters. The topological polar surface area (TPSA) is 107 Å². The molecular weight excluding hydrogens is 554 g/mol. The molecule has 6 aromatic rings. The molecule has 0 saturated carbocycles. The van der Waals surface area contributed by atoms with Gasteiger partial charge in [0.1, 0.15) is 24.3 Å². The average molecular weight is 580 g/mol. The molecule has 42 heavy (non-hydrogen) atoms. The van der Waals surface area contributed by atoms with Gasteiger partial charge in [0, 0.05) is 41.7 Å². The highest BCUT2D eigenvalue weighted by Gasteiger charge is 2.16. The number of aromatic nitrogens is 2. The fourth-order valence-electron chi connectivity index (χ4n) is 4.68. The number of rotatable bonds is 10. The number of hydrogen-bond acceptors (Lipinski definition) is 8. The average Bonchev–Trinajstić information content (AvgIpc) is 3.01. The fraction of sp³-hybridized carbons (Fsp3) is 0.121. The van der Waals surface area contributed by atoms with E-state index >= 15 is 0 Å². The summed E-state index contributed by atoms with van der Waals surface area (Å²) in [5, 5.41) is 14.3. The van der Waals surface area contributed by atoms with Crippen molar-refractivity contribution >= 4 is 33.5 Å². The highest BCUT2D eigenvalue weighted by atomic mass is 35.5. The number of ether oxygens (including phenoxy) is 2. The molecule has 8 nitrogen and oxygen atoms in total. The highest BCUT2D eigenvalue weighted by Crippen LogP contribution is 2.38. The van der Waals surface area contributed by atoms with Crippen LogP contribution in [0, 0.1) is 0 Å². The second-order valence-electron chi connectivity index (χ2n) is 9.55. The number of nitrogens with zero attached hydrogens (tertiary/aromatic N) is 2. The van der Waals surface area contributed by atoms with Gasteiger partial charge in [0.25, 0.3) is 0 Å². The van der Waals surface area contributed by atoms with E-state index in [1.165, 1.54) is 12.4 Å². The first kappa shape index (κ1) is 27.4. The number of para-hydroxylation sites is 1. The zero-order valence-electron chi connectivity index (χ0n) is 22.4. The number of aliphatic hydroxyl groups excluding tert-OH is 1. The molecule has 210 valence electrons. The summed E-state index contributed by atoms with van der Waals surface area (Å²) in [6.07, 6.45) is 1.47. The minimum Gasteiger partial charge on any atom is -0.488 e. The molecule has 0 amide bonds. The monoisotopic (exact) mass is 579 g/mol. The van der Waals surface area contributed by atoms with Crippen LogP contribution in [-0.4, -0.2) is 28.2 Å². The fourth-order valence-corrected chi connectivity index (χ4v) is 4.91. The van der Waals surface area contributed by atoms with E-state index in [1.54, 1.807) is 24.3 Å². The third-order valence-electron chi connectivity index (χ3n) is 6.72. The summed E-state index contributed by atoms with van der Waals surface area (Å²) in [5.74, 6) is 1.27. The molecule has 0 aliphatic rings. The van der Waals surface area contributed by atoms with Crippen LogP contribution >= 0.6 is 11.6 Å². The molecule has 0 saturated heterocycles. The van der Waals surface area contributed by atoms with Crippen LogP contribution in [-0.2, 0) is 13.2 Å². The Morgan fingerprint density at radius 2 is 1.76 bits per heavy atom. The quantitative estimate of drug-likeness (QED) is 0.140. The highest BCUT2D eigenvalue weighted by molar-refractivity contribution is 6.32. The van der Waals surface area contributed by atoms with Crippen LogP contribution in [0.25, 0.3) is 33.0 Å². The maximum Gasteiger partial charge on any atom is 0.336 e. The van der Waals surface area contributed by atoms with Crippen molar-refractivity contribution in [3.8, 4) is 28.5 Å². The van der Waals surface area contributed by atoms with Crippen LogP contribution in [0.3, 0.4) is 0 Å². The summed E-state index contributed by atoms with van der Waals surface area (Å²) in [4.78, 5) is 20.6. The number of halogens is 1. The molecular formula is C33H26ClN3O5. The lowest BCUT2D eigenvalue weighted by Gasteiger charge is -2.16. The van der Waals surface area contributed by atoms with Crippen LogP contribution in [0.5, 0.6) is 17.4 Å². The molecule has 0 atom stereocenters. The van der Waals surface area contributed by atoms with Crippen molar-refractivity contribution in [3.05, 3.63) is 124 Å². The Kier molecular flexibility index (Phi) is 8.09. The second kappa shape index (κ2) is 12.4. The molecule has 2 N–H and O–H groups in total. The lowest BCUT2D eigenvalue weighted by molar-refractivity contribution is 0.287. The number of nitrogens with one attached hydrogen (secondary N) is 1. The normalized spacial score (nSPS) is 11.2. The maximum absolute atomic E-state index is 11.7. The Hall–Kier alpha value is -4.76. The molecule has 0 aliphatic heterocycles. The summed E-state index contributed by atoms with van der Waals surface area (Å²) >= 11 is 6.70. The Labute approximate surface area is 246 Å². The van der Waals surface area contributed by atoms with Gasteiger partial charge in [-0.2, -0.15) is 0 Å². The van der Waals surface area contributed by atoms with Gasteiger partial charge >= 0.3 is 5.63 Å². The van der Waals surface area contributed by atoms with Gasteiger partial charge in [-0.1, -0.05) is 66.2 Å². The molecule has 0 spiro atoms. The molecule has 0 bridgehead atoms. The van der Waals surface area contributed by atoms with Crippen molar-refractivity contribution in [1.82, 2.24) is 15.3 Å². The van der Waals surface area contributed by atoms with Crippen molar-refractivity contribution in [2.24, 2.45) is 0 Å². The minimum absolute atomic E-state index is 0.000828. The van der Waals surface area contributed by atoms with Gasteiger partial charge in [0.2, 0.25) is 5.88 Å². The Morgan fingerprint density at radius 3 is 2.62 bits per heavy atom. The van der Waals surface area contributed by atoms with Gasteiger partial charge in [0.15, 0.2) is 5.75 Å². The van der Waals surface area contributed by atoms with Crippen molar-refractivity contribution in [1.29, 1.82) is 0 Å². The summed E-state index contributed by atoms with van der Waals surface area (Å²) in [6, 6.07) is 28.1. The second-order valence-corrected chi connectivity index (χ2v) is 9.96. The first-order valence-electron chi connectivity index (χ1n) is 13.4. The molecule has 6 rings (SSSR count). The van der Waals surface area contributed by atoms with E-state index in [2.05, 4.69) is 15.3 Å². The number of aliphatic hydroxyl groups is 1. The van der Waals surface area contributed by atoms with Crippen molar-refractivity contribution in [3.63, 3.8) is 0 Å². The van der Waals surface area contributed by atoms with Crippen LogP contribution in [0.15, 0.2) is 107 Å². The molecule has 4 aromatic carbocycles. The first-order valence-corrected chi connectivity index (χ1v) is 13.7. The Balaban J connectivity index is 1.32. The van der Waals surface area contributed by atoms with E-state index < -0.39 is 5.63 Å². The number of benzene rings is 4. The predicted octanol–water partition coefficient (Wildman–Crippen LogP) is 6.51. The zero-order valence-corrected chi connectivity index (χ0v) is 23.2. The van der Waals surface area contributed by atoms with Crippen LogP contribution in [0.4, 0.5) is 0 Å². The van der Waals surface area contributed by atoms with Gasteiger partial charge in [-0.05, 0) is 35.4 Å². The van der Waals surface area contributed by atoms with Crippen LogP contribution in [0.2, 0.25) is 5.02 Å². The van der Waals surface area contributed by atoms with E-state index in [1.807, 2.05) is 60.7 Å². The lowest BCUT2D eigenvalue weighted by Crippen LogP contribution is -2.18. The molecule has 0 fully saturated rings. The third-order valence-corrected chi connectivity index (χ3v) is 7.02. The summed E-state index contributed by atoms with van der Waals surface area (Å²) < 4.78 is 17.8. The van der Waals surface area contributed by atoms with Crippen molar-refractivity contribution in [2.45, 2.75) is 13.2 Å². The Bertz CT molecular complexity index is 1930. The smallest absolute Gasteiger partial charge is 0.336 e. The maximum atomic E-state index is 11.7. The van der Waals surface area contributed by atoms with E-state index in [9.17, 15) is 9.90 Å². The molecule has 9 heteroatoms. The summed E-state index contributed by atoms with van der Waals surface area (Å²) in [6.45, 7) is 1.04. The standard InChI is InChI=1S/C33H26ClN3O5/c34-27-16-24(18-35-13-14-38)28(40-19-21-9-10-23-11-12-31(39)41-29(23)15-21)17-30(27)42-33-26-8-4-7-25(32(26)36-20-37-33)22-5-2-1-3-6-22/h1-12,15-17,20,35,38H,13-14,18-19H2. The largest absolute Gasteiger partial charge is 0.488 e. The molecule has 2 aromatic heterocycles. The van der Waals surface area contributed by atoms with E-state index in [0.717, 1.165) is 38.5 Å². The van der Waals surface area contributed by atoms with Crippen LogP contribution < -0.4 is 20.4 Å². The van der Waals surface area contributed by atoms with Gasteiger partial charge in [-0.25, -0.2) is 14.8 Å².